The highest BCUT2D eigenvalue weighted by atomic mass is 19.4. The molecule has 0 aliphatic carbocycles. The standard InChI is InChI=1S/C21H14F4N6O4/c1-20(6-16(21(23,24)25)29-18(34-20)30-19(32)33)12-4-11(2-3-13(12)22)15-5-14(31-35-15)17-27-8-10(7-26)9-28-17/h2-5,8-9,16H,6H2,1H3,(H,29,30)(H,32,33)/t16-,20-/m0/s1. The summed E-state index contributed by atoms with van der Waals surface area (Å²) in [6.45, 7) is 1.20. The molecule has 14 heteroatoms. The van der Waals surface area contributed by atoms with Gasteiger partial charge >= 0.3 is 12.3 Å². The van der Waals surface area contributed by atoms with E-state index in [0.717, 1.165) is 6.07 Å². The van der Waals surface area contributed by atoms with Crippen molar-refractivity contribution >= 4 is 12.1 Å². The van der Waals surface area contributed by atoms with Crippen molar-refractivity contribution in [1.29, 1.82) is 5.26 Å². The summed E-state index contributed by atoms with van der Waals surface area (Å²) in [5.74, 6) is -0.611. The number of aliphatic imine (C=N–C) groups is 1. The van der Waals surface area contributed by atoms with Crippen molar-refractivity contribution in [1.82, 2.24) is 20.4 Å². The molecule has 0 unspecified atom stereocenters. The summed E-state index contributed by atoms with van der Waals surface area (Å²) >= 11 is 0. The number of ether oxygens (including phenoxy) is 1. The van der Waals surface area contributed by atoms with Crippen molar-refractivity contribution in [2.75, 3.05) is 0 Å². The quantitative estimate of drug-likeness (QED) is 0.524. The number of nitriles is 1. The third-order valence-electron chi connectivity index (χ3n) is 5.11. The van der Waals surface area contributed by atoms with Crippen LogP contribution in [-0.2, 0) is 10.3 Å². The lowest BCUT2D eigenvalue weighted by Gasteiger charge is -2.38. The number of alkyl halides is 3. The Bertz CT molecular complexity index is 1350. The van der Waals surface area contributed by atoms with Crippen LogP contribution in [0.5, 0.6) is 0 Å². The van der Waals surface area contributed by atoms with Crippen LogP contribution >= 0.6 is 0 Å². The van der Waals surface area contributed by atoms with Crippen molar-refractivity contribution in [3.63, 3.8) is 0 Å². The van der Waals surface area contributed by atoms with Crippen molar-refractivity contribution in [2.24, 2.45) is 4.99 Å². The number of rotatable bonds is 3. The summed E-state index contributed by atoms with van der Waals surface area (Å²) in [6.07, 6.45) is -4.75. The molecule has 1 aromatic carbocycles. The van der Waals surface area contributed by atoms with Gasteiger partial charge in [-0.25, -0.2) is 29.5 Å². The number of amidine groups is 1. The van der Waals surface area contributed by atoms with Gasteiger partial charge in [0, 0.05) is 36.0 Å². The van der Waals surface area contributed by atoms with Gasteiger partial charge < -0.3 is 14.4 Å². The van der Waals surface area contributed by atoms with E-state index in [-0.39, 0.29) is 34.0 Å². The van der Waals surface area contributed by atoms with Gasteiger partial charge in [-0.3, -0.25) is 0 Å². The van der Waals surface area contributed by atoms with Crippen LogP contribution in [-0.4, -0.2) is 44.6 Å². The molecule has 4 rings (SSSR count). The molecule has 35 heavy (non-hydrogen) atoms. The van der Waals surface area contributed by atoms with E-state index in [2.05, 4.69) is 20.1 Å². The molecular weight excluding hydrogens is 476 g/mol. The molecule has 2 aromatic heterocycles. The molecule has 1 amide bonds. The molecule has 1 aliphatic heterocycles. The summed E-state index contributed by atoms with van der Waals surface area (Å²) < 4.78 is 66.0. The van der Waals surface area contributed by atoms with Crippen LogP contribution in [0.2, 0.25) is 0 Å². The number of carboxylic acid groups (broad SMARTS) is 1. The third kappa shape index (κ3) is 4.88. The maximum Gasteiger partial charge on any atom is 0.412 e. The topological polar surface area (TPSA) is 147 Å². The molecule has 0 fully saturated rings. The maximum atomic E-state index is 14.8. The Morgan fingerprint density at radius 1 is 1.29 bits per heavy atom. The first-order valence-electron chi connectivity index (χ1n) is 9.81. The van der Waals surface area contributed by atoms with Crippen LogP contribution in [0.1, 0.15) is 24.5 Å². The molecule has 2 N–H and O–H groups in total. The highest BCUT2D eigenvalue weighted by Crippen LogP contribution is 2.42. The van der Waals surface area contributed by atoms with Gasteiger partial charge in [-0.1, -0.05) is 5.16 Å². The minimum Gasteiger partial charge on any atom is -0.465 e. The van der Waals surface area contributed by atoms with Crippen LogP contribution in [0.3, 0.4) is 0 Å². The molecule has 2 atom stereocenters. The fourth-order valence-electron chi connectivity index (χ4n) is 3.46. The lowest BCUT2D eigenvalue weighted by Crippen LogP contribution is -2.48. The number of hydrogen-bond donors (Lipinski definition) is 2. The largest absolute Gasteiger partial charge is 0.465 e. The molecule has 0 bridgehead atoms. The van der Waals surface area contributed by atoms with Gasteiger partial charge in [0.25, 0.3) is 6.02 Å². The number of aromatic nitrogens is 3. The average Bonchev–Trinajstić information content (AvgIpc) is 3.28. The molecule has 0 saturated carbocycles. The Balaban J connectivity index is 1.70. The van der Waals surface area contributed by atoms with Gasteiger partial charge in [0.2, 0.25) is 0 Å². The monoisotopic (exact) mass is 490 g/mol. The number of benzene rings is 1. The van der Waals surface area contributed by atoms with Crippen LogP contribution in [0.15, 0.2) is 46.2 Å². The fourth-order valence-corrected chi connectivity index (χ4v) is 3.46. The van der Waals surface area contributed by atoms with E-state index in [1.165, 1.54) is 37.5 Å². The van der Waals surface area contributed by atoms with Crippen LogP contribution in [0.25, 0.3) is 22.8 Å². The fraction of sp³-hybridized carbons (Fsp3) is 0.238. The highest BCUT2D eigenvalue weighted by Gasteiger charge is 2.50. The van der Waals surface area contributed by atoms with Crippen molar-refractivity contribution in [3.8, 4) is 28.9 Å². The van der Waals surface area contributed by atoms with Crippen molar-refractivity contribution in [3.05, 3.63) is 53.6 Å². The van der Waals surface area contributed by atoms with Crippen molar-refractivity contribution in [2.45, 2.75) is 31.2 Å². The first kappa shape index (κ1) is 23.6. The van der Waals surface area contributed by atoms with Gasteiger partial charge in [0.15, 0.2) is 23.3 Å². The van der Waals surface area contributed by atoms with Crippen LogP contribution in [0, 0.1) is 17.1 Å². The number of nitrogens with zero attached hydrogens (tertiary/aromatic N) is 5. The Morgan fingerprint density at radius 2 is 2.00 bits per heavy atom. The summed E-state index contributed by atoms with van der Waals surface area (Å²) in [6, 6.07) is 3.62. The Kier molecular flexibility index (Phi) is 5.85. The van der Waals surface area contributed by atoms with Gasteiger partial charge in [-0.05, 0) is 25.1 Å². The normalized spacial score (nSPS) is 19.9. The molecule has 0 spiro atoms. The highest BCUT2D eigenvalue weighted by molar-refractivity contribution is 5.90. The predicted molar refractivity (Wildman–Crippen MR) is 109 cm³/mol. The smallest absolute Gasteiger partial charge is 0.412 e. The van der Waals surface area contributed by atoms with Gasteiger partial charge in [0.1, 0.15) is 17.5 Å². The van der Waals surface area contributed by atoms with Gasteiger partial charge in [-0.15, -0.1) is 0 Å². The zero-order chi connectivity index (χ0) is 25.4. The SMILES string of the molecule is C[C@@]1(c2cc(-c3cc(-c4ncc(C#N)cn4)no3)ccc2F)C[C@@H](C(F)(F)F)N=C(NC(=O)O)O1. The van der Waals surface area contributed by atoms with E-state index in [0.29, 0.717) is 0 Å². The second kappa shape index (κ2) is 8.67. The molecule has 3 aromatic rings. The van der Waals surface area contributed by atoms with E-state index in [9.17, 15) is 22.4 Å². The Morgan fingerprint density at radius 3 is 2.63 bits per heavy atom. The van der Waals surface area contributed by atoms with E-state index in [1.807, 2.05) is 6.07 Å². The van der Waals surface area contributed by atoms with Gasteiger partial charge in [0.05, 0.1) is 5.56 Å². The first-order chi connectivity index (χ1) is 16.5. The van der Waals surface area contributed by atoms with Crippen LogP contribution < -0.4 is 5.32 Å². The summed E-state index contributed by atoms with van der Waals surface area (Å²) in [4.78, 5) is 22.2. The van der Waals surface area contributed by atoms with Crippen molar-refractivity contribution < 1.29 is 36.7 Å². The zero-order valence-electron chi connectivity index (χ0n) is 17.7. The first-order valence-corrected chi connectivity index (χ1v) is 9.81. The summed E-state index contributed by atoms with van der Waals surface area (Å²) in [5, 5.41) is 23.2. The lowest BCUT2D eigenvalue weighted by molar-refractivity contribution is -0.164. The second-order valence-corrected chi connectivity index (χ2v) is 7.64. The molecule has 10 nitrogen and oxygen atoms in total. The van der Waals surface area contributed by atoms with E-state index in [4.69, 9.17) is 19.6 Å². The molecule has 0 radical (unpaired) electrons. The van der Waals surface area contributed by atoms with Gasteiger partial charge in [-0.2, -0.15) is 18.4 Å². The summed E-state index contributed by atoms with van der Waals surface area (Å²) in [5.41, 5.74) is -1.53. The minimum atomic E-state index is -4.83. The van der Waals surface area contributed by atoms with E-state index < -0.39 is 42.2 Å². The molecule has 3 heterocycles. The second-order valence-electron chi connectivity index (χ2n) is 7.64. The van der Waals surface area contributed by atoms with E-state index >= 15 is 0 Å². The lowest BCUT2D eigenvalue weighted by atomic mass is 9.86. The predicted octanol–water partition coefficient (Wildman–Crippen LogP) is 4.00. The molecule has 180 valence electrons. The minimum absolute atomic E-state index is 0.124. The number of nitrogens with one attached hydrogen (secondary N) is 1. The molecular formula is C21H14F4N6O4. The third-order valence-corrected chi connectivity index (χ3v) is 5.11. The number of amides is 1. The number of carbonyl (C=O) groups is 1. The maximum absolute atomic E-state index is 14.8. The molecule has 0 saturated heterocycles. The Hall–Kier alpha value is -4.54. The van der Waals surface area contributed by atoms with E-state index in [1.54, 1.807) is 5.32 Å². The number of halogens is 4. The molecule has 1 aliphatic rings. The summed E-state index contributed by atoms with van der Waals surface area (Å²) in [7, 11) is 0. The zero-order valence-corrected chi connectivity index (χ0v) is 17.7. The number of hydrogen-bond acceptors (Lipinski definition) is 8. The van der Waals surface area contributed by atoms with Crippen LogP contribution in [0.4, 0.5) is 22.4 Å². The average molecular weight is 490 g/mol. The Labute approximate surface area is 193 Å².